The van der Waals surface area contributed by atoms with E-state index in [4.69, 9.17) is 4.74 Å². The highest BCUT2D eigenvalue weighted by atomic mass is 16.5. The van der Waals surface area contributed by atoms with Crippen LogP contribution in [0.5, 0.6) is 0 Å². The molecule has 4 nitrogen and oxygen atoms in total. The maximum absolute atomic E-state index is 12.1. The fraction of sp³-hybridized carbons (Fsp3) is 0.500. The van der Waals surface area contributed by atoms with Gasteiger partial charge in [-0.05, 0) is 5.56 Å². The Balaban J connectivity index is 1.66. The molecule has 4 heteroatoms. The summed E-state index contributed by atoms with van der Waals surface area (Å²) in [6, 6.07) is 10.5. The predicted octanol–water partition coefficient (Wildman–Crippen LogP) is 0.730. The average Bonchev–Trinajstić information content (AvgIpc) is 2.40. The SMILES string of the molecule is O=C1CN(Cc2ccccc2)CC2COCCN12. The lowest BCUT2D eigenvalue weighted by Gasteiger charge is -2.43. The van der Waals surface area contributed by atoms with Gasteiger partial charge in [0.25, 0.3) is 0 Å². The molecule has 0 saturated carbocycles. The third-order valence-electron chi connectivity index (χ3n) is 3.62. The third-order valence-corrected chi connectivity index (χ3v) is 3.62. The molecule has 0 N–H and O–H groups in total. The van der Waals surface area contributed by atoms with Crippen LogP contribution in [0.25, 0.3) is 0 Å². The summed E-state index contributed by atoms with van der Waals surface area (Å²) in [5.41, 5.74) is 1.26. The van der Waals surface area contributed by atoms with Crippen molar-refractivity contribution in [3.63, 3.8) is 0 Å². The van der Waals surface area contributed by atoms with Crippen LogP contribution in [-0.2, 0) is 16.1 Å². The van der Waals surface area contributed by atoms with Crippen molar-refractivity contribution in [2.75, 3.05) is 32.8 Å². The number of carbonyl (C=O) groups is 1. The van der Waals surface area contributed by atoms with E-state index in [0.29, 0.717) is 19.8 Å². The number of nitrogens with zero attached hydrogens (tertiary/aromatic N) is 2. The number of ether oxygens (including phenoxy) is 1. The van der Waals surface area contributed by atoms with Crippen molar-refractivity contribution in [3.8, 4) is 0 Å². The molecule has 0 aromatic heterocycles. The molecule has 0 bridgehead atoms. The molecule has 1 aromatic carbocycles. The van der Waals surface area contributed by atoms with Crippen LogP contribution in [0.15, 0.2) is 30.3 Å². The lowest BCUT2D eigenvalue weighted by molar-refractivity contribution is -0.148. The van der Waals surface area contributed by atoms with Gasteiger partial charge in [-0.2, -0.15) is 0 Å². The number of fused-ring (bicyclic) bond motifs is 1. The second-order valence-electron chi connectivity index (χ2n) is 4.97. The van der Waals surface area contributed by atoms with Gasteiger partial charge in [-0.25, -0.2) is 0 Å². The molecule has 2 heterocycles. The number of piperazine rings is 1. The largest absolute Gasteiger partial charge is 0.377 e. The first-order valence-electron chi connectivity index (χ1n) is 6.46. The van der Waals surface area contributed by atoms with Gasteiger partial charge in [-0.15, -0.1) is 0 Å². The van der Waals surface area contributed by atoms with Gasteiger partial charge in [0.2, 0.25) is 5.91 Å². The predicted molar refractivity (Wildman–Crippen MR) is 68.0 cm³/mol. The molecule has 0 aliphatic carbocycles. The summed E-state index contributed by atoms with van der Waals surface area (Å²) in [6.07, 6.45) is 0. The summed E-state index contributed by atoms with van der Waals surface area (Å²) in [7, 11) is 0. The molecule has 1 aromatic rings. The van der Waals surface area contributed by atoms with Gasteiger partial charge in [0.05, 0.1) is 25.8 Å². The van der Waals surface area contributed by atoms with Crippen molar-refractivity contribution in [3.05, 3.63) is 35.9 Å². The molecule has 1 unspecified atom stereocenters. The van der Waals surface area contributed by atoms with E-state index in [1.165, 1.54) is 5.56 Å². The minimum absolute atomic E-state index is 0.240. The molecule has 2 saturated heterocycles. The molecule has 0 spiro atoms. The van der Waals surface area contributed by atoms with Crippen LogP contribution in [0.1, 0.15) is 5.56 Å². The Hall–Kier alpha value is -1.39. The summed E-state index contributed by atoms with van der Waals surface area (Å²) in [4.78, 5) is 16.3. The van der Waals surface area contributed by atoms with Crippen molar-refractivity contribution in [1.29, 1.82) is 0 Å². The average molecular weight is 246 g/mol. The van der Waals surface area contributed by atoms with E-state index >= 15 is 0 Å². The lowest BCUT2D eigenvalue weighted by Crippen LogP contribution is -2.60. The fourth-order valence-electron chi connectivity index (χ4n) is 2.74. The van der Waals surface area contributed by atoms with Crippen LogP contribution in [0.3, 0.4) is 0 Å². The normalized spacial score (nSPS) is 25.0. The summed E-state index contributed by atoms with van der Waals surface area (Å²) in [5, 5.41) is 0. The van der Waals surface area contributed by atoms with E-state index in [-0.39, 0.29) is 11.9 Å². The second kappa shape index (κ2) is 5.08. The molecule has 2 aliphatic heterocycles. The van der Waals surface area contributed by atoms with Crippen molar-refractivity contribution < 1.29 is 9.53 Å². The van der Waals surface area contributed by atoms with Gasteiger partial charge in [-0.3, -0.25) is 9.69 Å². The molecular formula is C14H18N2O2. The van der Waals surface area contributed by atoms with Gasteiger partial charge >= 0.3 is 0 Å². The highest BCUT2D eigenvalue weighted by molar-refractivity contribution is 5.79. The Bertz CT molecular complexity index is 421. The zero-order chi connectivity index (χ0) is 12.4. The van der Waals surface area contributed by atoms with Crippen LogP contribution in [0, 0.1) is 0 Å². The Morgan fingerprint density at radius 2 is 2.11 bits per heavy atom. The van der Waals surface area contributed by atoms with E-state index in [0.717, 1.165) is 19.6 Å². The third kappa shape index (κ3) is 2.40. The summed E-state index contributed by atoms with van der Waals surface area (Å²) >= 11 is 0. The summed E-state index contributed by atoms with van der Waals surface area (Å²) in [6.45, 7) is 4.41. The Labute approximate surface area is 107 Å². The number of rotatable bonds is 2. The van der Waals surface area contributed by atoms with Crippen LogP contribution in [-0.4, -0.2) is 54.6 Å². The quantitative estimate of drug-likeness (QED) is 0.771. The van der Waals surface area contributed by atoms with Crippen molar-refractivity contribution >= 4 is 5.91 Å². The first-order chi connectivity index (χ1) is 8.83. The van der Waals surface area contributed by atoms with Gasteiger partial charge in [0.1, 0.15) is 0 Å². The standard InChI is InChI=1S/C14H18N2O2/c17-14-10-15(8-12-4-2-1-3-5-12)9-13-11-18-7-6-16(13)14/h1-5,13H,6-11H2. The number of morpholine rings is 1. The Morgan fingerprint density at radius 1 is 1.28 bits per heavy atom. The van der Waals surface area contributed by atoms with Gasteiger partial charge < -0.3 is 9.64 Å². The maximum atomic E-state index is 12.1. The van der Waals surface area contributed by atoms with Gasteiger partial charge in [0.15, 0.2) is 0 Å². The number of hydrogen-bond donors (Lipinski definition) is 0. The molecule has 2 aliphatic rings. The molecule has 1 amide bonds. The minimum atomic E-state index is 0.240. The van der Waals surface area contributed by atoms with Crippen LogP contribution < -0.4 is 0 Å². The van der Waals surface area contributed by atoms with E-state index < -0.39 is 0 Å². The van der Waals surface area contributed by atoms with Crippen LogP contribution in [0.4, 0.5) is 0 Å². The monoisotopic (exact) mass is 246 g/mol. The number of hydrogen-bond acceptors (Lipinski definition) is 3. The van der Waals surface area contributed by atoms with Crippen molar-refractivity contribution in [2.45, 2.75) is 12.6 Å². The van der Waals surface area contributed by atoms with E-state index in [1.54, 1.807) is 0 Å². The highest BCUT2D eigenvalue weighted by Crippen LogP contribution is 2.16. The highest BCUT2D eigenvalue weighted by Gasteiger charge is 2.34. The zero-order valence-electron chi connectivity index (χ0n) is 10.4. The maximum Gasteiger partial charge on any atom is 0.237 e. The molecule has 2 fully saturated rings. The van der Waals surface area contributed by atoms with E-state index in [2.05, 4.69) is 17.0 Å². The topological polar surface area (TPSA) is 32.8 Å². The van der Waals surface area contributed by atoms with Gasteiger partial charge in [-0.1, -0.05) is 30.3 Å². The fourth-order valence-corrected chi connectivity index (χ4v) is 2.74. The number of carbonyl (C=O) groups excluding carboxylic acids is 1. The molecule has 3 rings (SSSR count). The Morgan fingerprint density at radius 3 is 2.94 bits per heavy atom. The van der Waals surface area contributed by atoms with Crippen LogP contribution in [0.2, 0.25) is 0 Å². The number of benzene rings is 1. The molecule has 96 valence electrons. The van der Waals surface area contributed by atoms with E-state index in [1.807, 2.05) is 23.1 Å². The van der Waals surface area contributed by atoms with Crippen molar-refractivity contribution in [1.82, 2.24) is 9.80 Å². The number of amides is 1. The summed E-state index contributed by atoms with van der Waals surface area (Å²) in [5.74, 6) is 0.241. The van der Waals surface area contributed by atoms with E-state index in [9.17, 15) is 4.79 Å². The zero-order valence-corrected chi connectivity index (χ0v) is 10.4. The smallest absolute Gasteiger partial charge is 0.237 e. The molecule has 18 heavy (non-hydrogen) atoms. The first kappa shape index (κ1) is 11.7. The van der Waals surface area contributed by atoms with Crippen LogP contribution >= 0.6 is 0 Å². The minimum Gasteiger partial charge on any atom is -0.377 e. The second-order valence-corrected chi connectivity index (χ2v) is 4.97. The lowest BCUT2D eigenvalue weighted by atomic mass is 10.1. The summed E-state index contributed by atoms with van der Waals surface area (Å²) < 4.78 is 5.47. The van der Waals surface area contributed by atoms with Gasteiger partial charge in [0, 0.05) is 19.6 Å². The molecule has 1 atom stereocenters. The Kier molecular flexibility index (Phi) is 3.30. The molecular weight excluding hydrogens is 228 g/mol. The van der Waals surface area contributed by atoms with Crippen molar-refractivity contribution in [2.24, 2.45) is 0 Å². The molecule has 0 radical (unpaired) electrons. The first-order valence-corrected chi connectivity index (χ1v) is 6.46.